The topological polar surface area (TPSA) is 65.2 Å². The van der Waals surface area contributed by atoms with Crippen molar-refractivity contribution < 1.29 is 13.9 Å². The molecule has 0 unspecified atom stereocenters. The van der Waals surface area contributed by atoms with E-state index in [1.165, 1.54) is 23.7 Å². The number of ether oxygens (including phenoxy) is 1. The van der Waals surface area contributed by atoms with Gasteiger partial charge in [0.2, 0.25) is 0 Å². The maximum Gasteiger partial charge on any atom is 0.306 e. The van der Waals surface area contributed by atoms with Crippen LogP contribution in [0.25, 0.3) is 10.8 Å². The fourth-order valence-corrected chi connectivity index (χ4v) is 2.71. The number of esters is 1. The normalized spacial score (nSPS) is 10.6. The van der Waals surface area contributed by atoms with E-state index < -0.39 is 0 Å². The van der Waals surface area contributed by atoms with Crippen molar-refractivity contribution in [1.82, 2.24) is 10.2 Å². The first kappa shape index (κ1) is 13.1. The zero-order chi connectivity index (χ0) is 13.0. The minimum atomic E-state index is -0.240. The van der Waals surface area contributed by atoms with Gasteiger partial charge in [0.25, 0.3) is 11.1 Å². The Balaban J connectivity index is 1.92. The first-order chi connectivity index (χ1) is 8.69. The van der Waals surface area contributed by atoms with Crippen LogP contribution in [0.15, 0.2) is 21.8 Å². The summed E-state index contributed by atoms with van der Waals surface area (Å²) in [6.45, 7) is 2.02. The highest BCUT2D eigenvalue weighted by Crippen LogP contribution is 2.28. The van der Waals surface area contributed by atoms with Gasteiger partial charge in [-0.2, -0.15) is 0 Å². The Bertz CT molecular complexity index is 536. The van der Waals surface area contributed by atoms with Crippen molar-refractivity contribution in [3.05, 3.63) is 17.0 Å². The Morgan fingerprint density at radius 3 is 3.00 bits per heavy atom. The Labute approximate surface area is 113 Å². The standard InChI is InChI=1S/C11H12N2O3S2/c1-7-3-4-8(18-7)10-12-13-11(16-10)17-6-5-9(14)15-2/h3-4H,5-6H2,1-2H3. The van der Waals surface area contributed by atoms with Crippen molar-refractivity contribution in [3.63, 3.8) is 0 Å². The van der Waals surface area contributed by atoms with Gasteiger partial charge < -0.3 is 9.15 Å². The molecular weight excluding hydrogens is 272 g/mol. The van der Waals surface area contributed by atoms with Gasteiger partial charge in [-0.25, -0.2) is 0 Å². The van der Waals surface area contributed by atoms with Crippen LogP contribution in [-0.4, -0.2) is 29.0 Å². The molecule has 0 aliphatic carbocycles. The minimum Gasteiger partial charge on any atom is -0.469 e. The van der Waals surface area contributed by atoms with E-state index in [-0.39, 0.29) is 5.97 Å². The van der Waals surface area contributed by atoms with Crippen molar-refractivity contribution in [2.45, 2.75) is 18.6 Å². The van der Waals surface area contributed by atoms with E-state index >= 15 is 0 Å². The smallest absolute Gasteiger partial charge is 0.306 e. The number of thioether (sulfide) groups is 1. The molecule has 0 aliphatic heterocycles. The molecule has 0 N–H and O–H groups in total. The lowest BCUT2D eigenvalue weighted by Gasteiger charge is -1.95. The second-order valence-corrected chi connectivity index (χ2v) is 5.79. The van der Waals surface area contributed by atoms with Crippen LogP contribution in [0.1, 0.15) is 11.3 Å². The average molecular weight is 284 g/mol. The molecule has 7 heteroatoms. The summed E-state index contributed by atoms with van der Waals surface area (Å²) < 4.78 is 10.0. The van der Waals surface area contributed by atoms with Crippen LogP contribution in [0.3, 0.4) is 0 Å². The number of methoxy groups -OCH3 is 1. The third kappa shape index (κ3) is 3.33. The van der Waals surface area contributed by atoms with Gasteiger partial charge >= 0.3 is 5.97 Å². The molecule has 0 radical (unpaired) electrons. The summed E-state index contributed by atoms with van der Waals surface area (Å²) in [4.78, 5) is 13.1. The molecule has 0 saturated heterocycles. The highest BCUT2D eigenvalue weighted by Gasteiger charge is 2.11. The summed E-state index contributed by atoms with van der Waals surface area (Å²) in [7, 11) is 1.37. The van der Waals surface area contributed by atoms with Gasteiger partial charge in [-0.3, -0.25) is 4.79 Å². The summed E-state index contributed by atoms with van der Waals surface area (Å²) in [5, 5.41) is 8.37. The van der Waals surface area contributed by atoms with Crippen LogP contribution in [-0.2, 0) is 9.53 Å². The Morgan fingerprint density at radius 2 is 2.33 bits per heavy atom. The van der Waals surface area contributed by atoms with E-state index in [0.717, 1.165) is 4.88 Å². The summed E-state index contributed by atoms with van der Waals surface area (Å²) in [6, 6.07) is 3.96. The van der Waals surface area contributed by atoms with Gasteiger partial charge in [0.05, 0.1) is 18.4 Å². The SMILES string of the molecule is COC(=O)CCSc1nnc(-c2ccc(C)s2)o1. The lowest BCUT2D eigenvalue weighted by molar-refractivity contribution is -0.140. The molecule has 2 aromatic heterocycles. The lowest BCUT2D eigenvalue weighted by Crippen LogP contribution is -2.00. The number of hydrogen-bond donors (Lipinski definition) is 0. The van der Waals surface area contributed by atoms with Crippen molar-refractivity contribution in [2.75, 3.05) is 12.9 Å². The molecule has 2 rings (SSSR count). The zero-order valence-corrected chi connectivity index (χ0v) is 11.6. The summed E-state index contributed by atoms with van der Waals surface area (Å²) in [6.07, 6.45) is 0.330. The first-order valence-corrected chi connectivity index (χ1v) is 7.09. The van der Waals surface area contributed by atoms with E-state index in [0.29, 0.717) is 23.3 Å². The van der Waals surface area contributed by atoms with Crippen molar-refractivity contribution in [1.29, 1.82) is 0 Å². The number of aryl methyl sites for hydroxylation is 1. The molecule has 0 aromatic carbocycles. The Hall–Kier alpha value is -1.34. The number of carbonyl (C=O) groups is 1. The van der Waals surface area contributed by atoms with Gasteiger partial charge in [0, 0.05) is 10.6 Å². The zero-order valence-electron chi connectivity index (χ0n) is 10.0. The molecule has 0 amide bonds. The number of aromatic nitrogens is 2. The molecule has 5 nitrogen and oxygen atoms in total. The van der Waals surface area contributed by atoms with Crippen LogP contribution < -0.4 is 0 Å². The molecule has 96 valence electrons. The Kier molecular flexibility index (Phi) is 4.38. The molecular formula is C11H12N2O3S2. The van der Waals surface area contributed by atoms with E-state index in [4.69, 9.17) is 4.42 Å². The fraction of sp³-hybridized carbons (Fsp3) is 0.364. The van der Waals surface area contributed by atoms with Crippen LogP contribution in [0.4, 0.5) is 0 Å². The van der Waals surface area contributed by atoms with Crippen LogP contribution in [0, 0.1) is 6.92 Å². The van der Waals surface area contributed by atoms with E-state index in [1.54, 1.807) is 11.3 Å². The maximum atomic E-state index is 10.9. The highest BCUT2D eigenvalue weighted by atomic mass is 32.2. The monoisotopic (exact) mass is 284 g/mol. The largest absolute Gasteiger partial charge is 0.469 e. The first-order valence-electron chi connectivity index (χ1n) is 5.29. The molecule has 0 bridgehead atoms. The third-order valence-electron chi connectivity index (χ3n) is 2.12. The molecule has 2 heterocycles. The summed E-state index contributed by atoms with van der Waals surface area (Å²) in [5.41, 5.74) is 0. The highest BCUT2D eigenvalue weighted by molar-refractivity contribution is 7.99. The summed E-state index contributed by atoms with van der Waals surface area (Å²) in [5.74, 6) is 0.849. The maximum absolute atomic E-state index is 10.9. The second kappa shape index (κ2) is 6.01. The molecule has 0 saturated carbocycles. The Morgan fingerprint density at radius 1 is 1.50 bits per heavy atom. The molecule has 2 aromatic rings. The molecule has 0 atom stereocenters. The number of rotatable bonds is 5. The number of hydrogen-bond acceptors (Lipinski definition) is 7. The van der Waals surface area contributed by atoms with Crippen molar-refractivity contribution in [3.8, 4) is 10.8 Å². The van der Waals surface area contributed by atoms with Gasteiger partial charge in [-0.05, 0) is 19.1 Å². The average Bonchev–Trinajstić information content (AvgIpc) is 2.97. The fourth-order valence-electron chi connectivity index (χ4n) is 1.24. The van der Waals surface area contributed by atoms with Gasteiger partial charge in [-0.15, -0.1) is 21.5 Å². The van der Waals surface area contributed by atoms with Crippen LogP contribution in [0.2, 0.25) is 0 Å². The predicted molar refractivity (Wildman–Crippen MR) is 69.7 cm³/mol. The minimum absolute atomic E-state index is 0.240. The van der Waals surface area contributed by atoms with E-state index in [1.807, 2.05) is 19.1 Å². The van der Waals surface area contributed by atoms with Crippen molar-refractivity contribution in [2.24, 2.45) is 0 Å². The number of thiophene rings is 1. The van der Waals surface area contributed by atoms with Gasteiger partial charge in [0.15, 0.2) is 0 Å². The third-order valence-corrected chi connectivity index (χ3v) is 3.93. The molecule has 18 heavy (non-hydrogen) atoms. The molecule has 0 spiro atoms. The van der Waals surface area contributed by atoms with Gasteiger partial charge in [-0.1, -0.05) is 11.8 Å². The molecule has 0 fully saturated rings. The number of nitrogens with zero attached hydrogens (tertiary/aromatic N) is 2. The van der Waals surface area contributed by atoms with E-state index in [2.05, 4.69) is 14.9 Å². The predicted octanol–water partition coefficient (Wildman–Crippen LogP) is 2.76. The van der Waals surface area contributed by atoms with Crippen LogP contribution in [0.5, 0.6) is 0 Å². The van der Waals surface area contributed by atoms with Crippen LogP contribution >= 0.6 is 23.1 Å². The second-order valence-electron chi connectivity index (χ2n) is 3.46. The van der Waals surface area contributed by atoms with Crippen molar-refractivity contribution >= 4 is 29.1 Å². The lowest BCUT2D eigenvalue weighted by atomic mass is 10.4. The van der Waals surface area contributed by atoms with E-state index in [9.17, 15) is 4.79 Å². The summed E-state index contributed by atoms with van der Waals surface area (Å²) >= 11 is 2.96. The van der Waals surface area contributed by atoms with Gasteiger partial charge in [0.1, 0.15) is 0 Å². The number of carbonyl (C=O) groups excluding carboxylic acids is 1. The quantitative estimate of drug-likeness (QED) is 0.621. The molecule has 0 aliphatic rings.